The first-order valence-electron chi connectivity index (χ1n) is 24.6. The fourth-order valence-corrected chi connectivity index (χ4v) is 10.6. The van der Waals surface area contributed by atoms with Crippen LogP contribution in [0.25, 0.3) is 0 Å². The molecule has 7 amide bonds. The summed E-state index contributed by atoms with van der Waals surface area (Å²) in [6.07, 6.45) is -3.20. The van der Waals surface area contributed by atoms with Crippen LogP contribution in [0, 0.1) is 11.8 Å². The summed E-state index contributed by atoms with van der Waals surface area (Å²) < 4.78 is 29.3. The standard InChI is InChI=1S/C50H61N7O18/c1-23-24(2)74-38(16-29(23)56-12-13-73-48(72-4)47(56)68)75-31-18-50(70,17-28-40(31)46(67)42-41(44(28)65)43(64)27-6-5-7-30(71-3)39(27)45(42)66)49(69)54-19-25-14-26(15-25)55-35(61)22-53-34(60)21-52-33(59)20-51-32(58)10-11-57-36(62)8-9-37(57)63/h5-9,23-26,29,31,38,47-48,65,67-68,70H,10-22H2,1-4H3,(H,51,58)(H,52,59)(H,53,60)(H,54,69)(H,55,61)/t23-,24+,25?,26?,29+,31+,38+,47-,48+,50+/m1/s1. The van der Waals surface area contributed by atoms with Crippen molar-refractivity contribution in [2.45, 2.75) is 101 Å². The lowest BCUT2D eigenvalue weighted by Crippen LogP contribution is -2.61. The van der Waals surface area contributed by atoms with E-state index in [-0.39, 0.29) is 84.5 Å². The average molecular weight is 1050 g/mol. The third-order valence-electron chi connectivity index (χ3n) is 14.8. The quantitative estimate of drug-likeness (QED) is 0.0494. The lowest BCUT2D eigenvalue weighted by molar-refractivity contribution is -0.289. The summed E-state index contributed by atoms with van der Waals surface area (Å²) in [4.78, 5) is 118. The Balaban J connectivity index is 0.880. The molecule has 3 aliphatic heterocycles. The van der Waals surface area contributed by atoms with Crippen molar-refractivity contribution in [2.24, 2.45) is 11.8 Å². The Hall–Kier alpha value is -6.87. The molecular formula is C50H61N7O18. The third kappa shape index (κ3) is 11.2. The van der Waals surface area contributed by atoms with E-state index in [1.807, 2.05) is 18.7 Å². The maximum absolute atomic E-state index is 14.3. The molecule has 0 bridgehead atoms. The summed E-state index contributed by atoms with van der Waals surface area (Å²) in [6.45, 7) is 2.91. The lowest BCUT2D eigenvalue weighted by atomic mass is 9.72. The maximum Gasteiger partial charge on any atom is 0.253 e. The number of aliphatic hydroxyl groups excluding tert-OH is 1. The van der Waals surface area contributed by atoms with Gasteiger partial charge in [0.25, 0.3) is 17.7 Å². The van der Waals surface area contributed by atoms with E-state index in [9.17, 15) is 63.6 Å². The van der Waals surface area contributed by atoms with Gasteiger partial charge in [0.2, 0.25) is 29.4 Å². The first kappa shape index (κ1) is 54.4. The van der Waals surface area contributed by atoms with Crippen molar-refractivity contribution < 1.29 is 87.3 Å². The van der Waals surface area contributed by atoms with Crippen molar-refractivity contribution in [1.82, 2.24) is 36.4 Å². The highest BCUT2D eigenvalue weighted by Crippen LogP contribution is 2.53. The molecule has 75 heavy (non-hydrogen) atoms. The summed E-state index contributed by atoms with van der Waals surface area (Å²) in [5.41, 5.74) is -3.85. The molecule has 2 aromatic carbocycles. The number of phenolic OH excluding ortho intramolecular Hbond substituents is 2. The number of nitrogens with one attached hydrogen (secondary N) is 5. The summed E-state index contributed by atoms with van der Waals surface area (Å²) in [5, 5.41) is 60.2. The number of rotatable bonds is 18. The second-order valence-electron chi connectivity index (χ2n) is 19.5. The van der Waals surface area contributed by atoms with Gasteiger partial charge in [0.05, 0.1) is 62.2 Å². The van der Waals surface area contributed by atoms with Crippen LogP contribution in [-0.2, 0) is 58.9 Å². The predicted octanol–water partition coefficient (Wildman–Crippen LogP) is -1.95. The lowest BCUT2D eigenvalue weighted by Gasteiger charge is -2.49. The molecule has 2 saturated heterocycles. The number of imide groups is 1. The van der Waals surface area contributed by atoms with Gasteiger partial charge in [-0.15, -0.1) is 0 Å². The number of carbonyl (C=O) groups excluding carboxylic acids is 9. The number of fused-ring (bicyclic) bond motifs is 3. The van der Waals surface area contributed by atoms with Crippen molar-refractivity contribution in [3.05, 3.63) is 63.7 Å². The van der Waals surface area contributed by atoms with Crippen LogP contribution < -0.4 is 31.3 Å². The Morgan fingerprint density at radius 3 is 2.15 bits per heavy atom. The molecule has 0 radical (unpaired) electrons. The molecule has 0 aromatic heterocycles. The molecule has 3 aliphatic carbocycles. The summed E-state index contributed by atoms with van der Waals surface area (Å²) in [6, 6.07) is 3.68. The Labute approximate surface area is 429 Å². The molecule has 9 N–H and O–H groups in total. The van der Waals surface area contributed by atoms with Gasteiger partial charge in [-0.3, -0.25) is 53.0 Å². The SMILES string of the molecule is COc1cccc2c1C(=O)c1c(O)c3c(c(O)c1C2=O)C[C@@](O)(C(=O)NCC1CC(NC(=O)CNC(=O)CNC(=O)CNC(=O)CCN2C(=O)C=CC2=O)C1)C[C@@H]3O[C@H]1C[C@H](N2CCO[C@H](OC)[C@H]2O)[C@H](C)[C@H](C)O1. The fourth-order valence-electron chi connectivity index (χ4n) is 10.6. The van der Waals surface area contributed by atoms with E-state index in [2.05, 4.69) is 26.6 Å². The van der Waals surface area contributed by atoms with Gasteiger partial charge in [0, 0.05) is 93.4 Å². The number of phenols is 2. The van der Waals surface area contributed by atoms with E-state index in [0.717, 1.165) is 17.1 Å². The van der Waals surface area contributed by atoms with Crippen LogP contribution in [-0.4, -0.2) is 186 Å². The van der Waals surface area contributed by atoms with E-state index in [1.165, 1.54) is 32.4 Å². The summed E-state index contributed by atoms with van der Waals surface area (Å²) in [5.74, 6) is -7.70. The minimum atomic E-state index is -2.32. The number of aromatic hydroxyl groups is 2. The Kier molecular flexibility index (Phi) is 16.3. The molecule has 6 aliphatic rings. The number of amides is 7. The highest BCUT2D eigenvalue weighted by atomic mass is 16.7. The molecule has 25 heteroatoms. The monoisotopic (exact) mass is 1050 g/mol. The molecule has 25 nitrogen and oxygen atoms in total. The Morgan fingerprint density at radius 2 is 1.48 bits per heavy atom. The van der Waals surface area contributed by atoms with Gasteiger partial charge >= 0.3 is 0 Å². The largest absolute Gasteiger partial charge is 0.507 e. The van der Waals surface area contributed by atoms with E-state index < -0.39 is 145 Å². The number of hydrogen-bond acceptors (Lipinski definition) is 19. The highest BCUT2D eigenvalue weighted by Gasteiger charge is 2.52. The number of hydrogen-bond donors (Lipinski definition) is 9. The summed E-state index contributed by atoms with van der Waals surface area (Å²) >= 11 is 0. The molecule has 8 atom stereocenters. The van der Waals surface area contributed by atoms with Gasteiger partial charge in [-0.05, 0) is 37.7 Å². The summed E-state index contributed by atoms with van der Waals surface area (Å²) in [7, 11) is 2.74. The second-order valence-corrected chi connectivity index (χ2v) is 19.5. The third-order valence-corrected chi connectivity index (χ3v) is 14.8. The molecule has 1 saturated carbocycles. The van der Waals surface area contributed by atoms with Crippen LogP contribution in [0.5, 0.6) is 17.2 Å². The van der Waals surface area contributed by atoms with Gasteiger partial charge in [-0.1, -0.05) is 19.1 Å². The van der Waals surface area contributed by atoms with Gasteiger partial charge < -0.3 is 70.7 Å². The fraction of sp³-hybridized carbons (Fsp3) is 0.540. The van der Waals surface area contributed by atoms with Crippen molar-refractivity contribution >= 4 is 52.9 Å². The minimum Gasteiger partial charge on any atom is -0.507 e. The zero-order valence-corrected chi connectivity index (χ0v) is 41.7. The molecule has 0 spiro atoms. The normalized spacial score (nSPS) is 28.1. The van der Waals surface area contributed by atoms with Crippen LogP contribution in [0.15, 0.2) is 30.4 Å². The number of ketones is 2. The Morgan fingerprint density at radius 1 is 0.827 bits per heavy atom. The number of aliphatic hydroxyl groups is 2. The van der Waals surface area contributed by atoms with Crippen LogP contribution in [0.4, 0.5) is 0 Å². The van der Waals surface area contributed by atoms with Gasteiger partial charge in [0.15, 0.2) is 24.6 Å². The number of carbonyl (C=O) groups is 9. The van der Waals surface area contributed by atoms with Crippen molar-refractivity contribution in [3.63, 3.8) is 0 Å². The first-order valence-corrected chi connectivity index (χ1v) is 24.6. The smallest absolute Gasteiger partial charge is 0.253 e. The number of nitrogens with zero attached hydrogens (tertiary/aromatic N) is 2. The molecule has 2 aromatic rings. The Bertz CT molecular complexity index is 2670. The van der Waals surface area contributed by atoms with Crippen LogP contribution >= 0.6 is 0 Å². The molecule has 3 fully saturated rings. The van der Waals surface area contributed by atoms with E-state index in [0.29, 0.717) is 19.4 Å². The van der Waals surface area contributed by atoms with E-state index in [4.69, 9.17) is 23.7 Å². The number of methoxy groups -OCH3 is 2. The van der Waals surface area contributed by atoms with Crippen molar-refractivity contribution in [1.29, 1.82) is 0 Å². The maximum atomic E-state index is 14.3. The zero-order chi connectivity index (χ0) is 54.0. The highest BCUT2D eigenvalue weighted by molar-refractivity contribution is 6.31. The minimum absolute atomic E-state index is 0.0538. The van der Waals surface area contributed by atoms with Gasteiger partial charge in [-0.25, -0.2) is 0 Å². The average Bonchev–Trinajstić information content (AvgIpc) is 3.73. The second kappa shape index (κ2) is 22.5. The molecule has 3 heterocycles. The van der Waals surface area contributed by atoms with Crippen LogP contribution in [0.1, 0.15) is 95.0 Å². The first-order chi connectivity index (χ1) is 35.7. The van der Waals surface area contributed by atoms with Gasteiger partial charge in [-0.2, -0.15) is 0 Å². The molecular weight excluding hydrogens is 987 g/mol. The zero-order valence-electron chi connectivity index (χ0n) is 41.7. The van der Waals surface area contributed by atoms with Crippen molar-refractivity contribution in [3.8, 4) is 17.2 Å². The predicted molar refractivity (Wildman–Crippen MR) is 255 cm³/mol. The van der Waals surface area contributed by atoms with Crippen molar-refractivity contribution in [2.75, 3.05) is 60.1 Å². The number of benzene rings is 2. The number of ether oxygens (including phenoxy) is 5. The molecule has 8 rings (SSSR count). The van der Waals surface area contributed by atoms with Crippen LogP contribution in [0.3, 0.4) is 0 Å². The van der Waals surface area contributed by atoms with E-state index in [1.54, 1.807) is 0 Å². The molecule has 0 unspecified atom stereocenters. The molecule has 404 valence electrons. The van der Waals surface area contributed by atoms with Crippen LogP contribution in [0.2, 0.25) is 0 Å². The number of morpholine rings is 1. The van der Waals surface area contributed by atoms with Gasteiger partial charge in [0.1, 0.15) is 22.8 Å². The topological polar surface area (TPSA) is 347 Å². The van der Waals surface area contributed by atoms with E-state index >= 15 is 0 Å².